The van der Waals surface area contributed by atoms with Crippen LogP contribution in [0.15, 0.2) is 0 Å². The average Bonchev–Trinajstić information content (AvgIpc) is 2.34. The molecule has 106 valence electrons. The molecule has 1 heterocycles. The van der Waals surface area contributed by atoms with Crippen molar-refractivity contribution in [1.82, 2.24) is 9.80 Å². The van der Waals surface area contributed by atoms with Gasteiger partial charge in [-0.3, -0.25) is 4.79 Å². The lowest BCUT2D eigenvalue weighted by molar-refractivity contribution is -0.130. The van der Waals surface area contributed by atoms with E-state index in [2.05, 4.69) is 4.90 Å². The van der Waals surface area contributed by atoms with Gasteiger partial charge in [-0.25, -0.2) is 0 Å². The van der Waals surface area contributed by atoms with Crippen molar-refractivity contribution >= 4 is 5.91 Å². The van der Waals surface area contributed by atoms with Gasteiger partial charge in [-0.15, -0.1) is 0 Å². The molecule has 18 heavy (non-hydrogen) atoms. The van der Waals surface area contributed by atoms with Crippen molar-refractivity contribution in [1.29, 1.82) is 0 Å². The molecule has 1 aliphatic heterocycles. The molecule has 0 aromatic carbocycles. The smallest absolute Gasteiger partial charge is 0.223 e. The van der Waals surface area contributed by atoms with Crippen molar-refractivity contribution in [3.05, 3.63) is 0 Å². The normalized spacial score (nSPS) is 19.8. The lowest BCUT2D eigenvalue weighted by Crippen LogP contribution is -2.43. The van der Waals surface area contributed by atoms with Gasteiger partial charge in [0.25, 0.3) is 0 Å². The second kappa shape index (κ2) is 7.07. The van der Waals surface area contributed by atoms with Crippen LogP contribution in [0.4, 0.5) is 0 Å². The summed E-state index contributed by atoms with van der Waals surface area (Å²) in [7, 11) is 1.83. The Morgan fingerprint density at radius 1 is 1.44 bits per heavy atom. The molecule has 0 aliphatic carbocycles. The number of likely N-dealkylation sites (tertiary alicyclic amines) is 1. The zero-order valence-corrected chi connectivity index (χ0v) is 11.7. The highest BCUT2D eigenvalue weighted by Crippen LogP contribution is 2.20. The van der Waals surface area contributed by atoms with E-state index in [9.17, 15) is 9.90 Å². The highest BCUT2D eigenvalue weighted by Gasteiger charge is 2.27. The lowest BCUT2D eigenvalue weighted by atomic mass is 9.94. The maximum atomic E-state index is 11.8. The van der Waals surface area contributed by atoms with Crippen LogP contribution in [0.1, 0.15) is 32.6 Å². The minimum absolute atomic E-state index is 0.181. The molecule has 0 aromatic rings. The van der Waals surface area contributed by atoms with Crippen LogP contribution in [0.3, 0.4) is 0 Å². The molecule has 0 atom stereocenters. The zero-order chi connectivity index (χ0) is 13.6. The van der Waals surface area contributed by atoms with Gasteiger partial charge in [-0.05, 0) is 32.7 Å². The van der Waals surface area contributed by atoms with E-state index in [0.29, 0.717) is 13.0 Å². The molecule has 1 fully saturated rings. The number of rotatable bonds is 6. The number of carbonyl (C=O) groups is 1. The lowest BCUT2D eigenvalue weighted by Gasteiger charge is -2.35. The van der Waals surface area contributed by atoms with Crippen molar-refractivity contribution in [2.24, 2.45) is 5.73 Å². The topological polar surface area (TPSA) is 69.8 Å². The summed E-state index contributed by atoms with van der Waals surface area (Å²) in [5, 5.41) is 9.84. The summed E-state index contributed by atoms with van der Waals surface area (Å²) in [5.74, 6) is 0.181. The number of nitrogens with two attached hydrogens (primary N) is 1. The van der Waals surface area contributed by atoms with Gasteiger partial charge < -0.3 is 20.6 Å². The monoisotopic (exact) mass is 257 g/mol. The fraction of sp³-hybridized carbons (Fsp3) is 0.923. The molecule has 0 bridgehead atoms. The van der Waals surface area contributed by atoms with Crippen LogP contribution in [0.2, 0.25) is 0 Å². The Morgan fingerprint density at radius 2 is 2.06 bits per heavy atom. The Hall–Kier alpha value is -0.650. The molecule has 0 aromatic heterocycles. The van der Waals surface area contributed by atoms with Gasteiger partial charge in [0.1, 0.15) is 0 Å². The van der Waals surface area contributed by atoms with Crippen molar-refractivity contribution in [3.8, 4) is 0 Å². The largest absolute Gasteiger partial charge is 0.390 e. The van der Waals surface area contributed by atoms with E-state index >= 15 is 0 Å². The number of carbonyl (C=O) groups excluding carboxylic acids is 1. The average molecular weight is 257 g/mol. The first-order valence-electron chi connectivity index (χ1n) is 6.83. The van der Waals surface area contributed by atoms with Gasteiger partial charge >= 0.3 is 0 Å². The third-order valence-electron chi connectivity index (χ3n) is 3.70. The molecule has 1 amide bonds. The first kappa shape index (κ1) is 15.4. The summed E-state index contributed by atoms with van der Waals surface area (Å²) < 4.78 is 0. The predicted molar refractivity (Wildman–Crippen MR) is 72.2 cm³/mol. The Bertz CT molecular complexity index is 259. The minimum atomic E-state index is -0.515. The molecule has 1 saturated heterocycles. The molecule has 0 unspecified atom stereocenters. The maximum absolute atomic E-state index is 11.8. The third kappa shape index (κ3) is 5.33. The number of hydrogen-bond acceptors (Lipinski definition) is 4. The van der Waals surface area contributed by atoms with E-state index in [4.69, 9.17) is 5.73 Å². The molecule has 1 rings (SSSR count). The quantitative estimate of drug-likeness (QED) is 0.704. The second-order valence-electron chi connectivity index (χ2n) is 5.55. The van der Waals surface area contributed by atoms with Crippen LogP contribution < -0.4 is 5.73 Å². The van der Waals surface area contributed by atoms with Gasteiger partial charge in [0, 0.05) is 39.6 Å². The molecular formula is C13H27N3O2. The van der Waals surface area contributed by atoms with Gasteiger partial charge in [-0.1, -0.05) is 0 Å². The minimum Gasteiger partial charge on any atom is -0.390 e. The number of hydrogen-bond donors (Lipinski definition) is 2. The van der Waals surface area contributed by atoms with E-state index in [-0.39, 0.29) is 5.91 Å². The molecule has 3 N–H and O–H groups in total. The Labute approximate surface area is 110 Å². The summed E-state index contributed by atoms with van der Waals surface area (Å²) >= 11 is 0. The standard InChI is InChI=1S/C13H27N3O2/c1-13(18)5-10-16(11-6-13)9-4-12(17)15(2)8-3-7-14/h18H,3-11,14H2,1-2H3. The van der Waals surface area contributed by atoms with Crippen LogP contribution in [-0.4, -0.2) is 66.2 Å². The predicted octanol–water partition coefficient (Wildman–Crippen LogP) is 0.0305. The third-order valence-corrected chi connectivity index (χ3v) is 3.70. The van der Waals surface area contributed by atoms with Crippen molar-refractivity contribution in [2.45, 2.75) is 38.2 Å². The first-order valence-corrected chi connectivity index (χ1v) is 6.83. The van der Waals surface area contributed by atoms with E-state index in [1.807, 2.05) is 14.0 Å². The van der Waals surface area contributed by atoms with Crippen LogP contribution in [0, 0.1) is 0 Å². The Balaban J connectivity index is 2.19. The maximum Gasteiger partial charge on any atom is 0.223 e. The summed E-state index contributed by atoms with van der Waals surface area (Å²) in [4.78, 5) is 15.8. The van der Waals surface area contributed by atoms with Crippen molar-refractivity contribution in [2.75, 3.05) is 39.8 Å². The second-order valence-corrected chi connectivity index (χ2v) is 5.55. The Morgan fingerprint density at radius 3 is 2.61 bits per heavy atom. The highest BCUT2D eigenvalue weighted by molar-refractivity contribution is 5.76. The van der Waals surface area contributed by atoms with Crippen LogP contribution in [0.5, 0.6) is 0 Å². The zero-order valence-electron chi connectivity index (χ0n) is 11.7. The number of piperidine rings is 1. The van der Waals surface area contributed by atoms with Gasteiger partial charge in [0.15, 0.2) is 0 Å². The number of nitrogens with zero attached hydrogens (tertiary/aromatic N) is 2. The SMILES string of the molecule is CN(CCCN)C(=O)CCN1CCC(C)(O)CC1. The summed E-state index contributed by atoms with van der Waals surface area (Å²) in [6, 6.07) is 0. The molecule has 0 spiro atoms. The first-order chi connectivity index (χ1) is 8.44. The van der Waals surface area contributed by atoms with E-state index < -0.39 is 5.60 Å². The summed E-state index contributed by atoms with van der Waals surface area (Å²) in [5.41, 5.74) is 4.91. The van der Waals surface area contributed by atoms with Crippen molar-refractivity contribution < 1.29 is 9.90 Å². The molecule has 0 saturated carbocycles. The fourth-order valence-electron chi connectivity index (χ4n) is 2.16. The van der Waals surface area contributed by atoms with E-state index in [1.54, 1.807) is 4.90 Å². The van der Waals surface area contributed by atoms with Gasteiger partial charge in [-0.2, -0.15) is 0 Å². The van der Waals surface area contributed by atoms with Crippen LogP contribution >= 0.6 is 0 Å². The molecular weight excluding hydrogens is 230 g/mol. The molecule has 1 aliphatic rings. The highest BCUT2D eigenvalue weighted by atomic mass is 16.3. The van der Waals surface area contributed by atoms with Crippen LogP contribution in [0.25, 0.3) is 0 Å². The molecule has 5 nitrogen and oxygen atoms in total. The van der Waals surface area contributed by atoms with Gasteiger partial charge in [0.05, 0.1) is 5.60 Å². The van der Waals surface area contributed by atoms with Crippen LogP contribution in [-0.2, 0) is 4.79 Å². The number of amides is 1. The summed E-state index contributed by atoms with van der Waals surface area (Å²) in [6.07, 6.45) is 3.01. The molecule has 5 heteroatoms. The van der Waals surface area contributed by atoms with Crippen molar-refractivity contribution in [3.63, 3.8) is 0 Å². The number of aliphatic hydroxyl groups is 1. The summed E-state index contributed by atoms with van der Waals surface area (Å²) in [6.45, 7) is 5.81. The van der Waals surface area contributed by atoms with Gasteiger partial charge in [0.2, 0.25) is 5.91 Å². The Kier molecular flexibility index (Phi) is 6.05. The van der Waals surface area contributed by atoms with E-state index in [1.165, 1.54) is 0 Å². The molecule has 0 radical (unpaired) electrons. The fourth-order valence-corrected chi connectivity index (χ4v) is 2.16. The van der Waals surface area contributed by atoms with E-state index in [0.717, 1.165) is 45.4 Å².